The molecule has 3 rings (SSSR count). The van der Waals surface area contributed by atoms with Crippen molar-refractivity contribution in [1.29, 1.82) is 0 Å². The predicted molar refractivity (Wildman–Crippen MR) is 100 cm³/mol. The van der Waals surface area contributed by atoms with Crippen LogP contribution < -0.4 is 15.5 Å². The summed E-state index contributed by atoms with van der Waals surface area (Å²) < 4.78 is 7.79. The van der Waals surface area contributed by atoms with E-state index in [1.54, 1.807) is 11.3 Å². The van der Waals surface area contributed by atoms with E-state index in [4.69, 9.17) is 4.74 Å². The van der Waals surface area contributed by atoms with E-state index in [9.17, 15) is 4.79 Å². The first-order valence-corrected chi connectivity index (χ1v) is 8.81. The molecular weight excluding hydrogens is 306 g/mol. The van der Waals surface area contributed by atoms with Crippen molar-refractivity contribution in [2.45, 2.75) is 33.2 Å². The lowest BCUT2D eigenvalue weighted by molar-refractivity contribution is 0.321. The van der Waals surface area contributed by atoms with Gasteiger partial charge in [-0.15, -0.1) is 11.3 Å². The molecule has 0 aliphatic heterocycles. The van der Waals surface area contributed by atoms with E-state index in [0.717, 1.165) is 38.0 Å². The van der Waals surface area contributed by atoms with Gasteiger partial charge in [-0.3, -0.25) is 4.79 Å². The maximum absolute atomic E-state index is 13.0. The van der Waals surface area contributed by atoms with E-state index in [0.29, 0.717) is 6.61 Å². The van der Waals surface area contributed by atoms with Crippen molar-refractivity contribution in [1.82, 2.24) is 0 Å². The number of rotatable bonds is 5. The normalized spacial score (nSPS) is 11.3. The zero-order chi connectivity index (χ0) is 16.4. The van der Waals surface area contributed by atoms with E-state index < -0.39 is 0 Å². The fraction of sp³-hybridized carbons (Fsp3) is 0.316. The van der Waals surface area contributed by atoms with Gasteiger partial charge < -0.3 is 10.1 Å². The Hall–Kier alpha value is -2.07. The molecule has 0 unspecified atom stereocenters. The lowest BCUT2D eigenvalue weighted by Gasteiger charge is -2.15. The molecule has 1 aromatic heterocycles. The van der Waals surface area contributed by atoms with E-state index in [1.165, 1.54) is 0 Å². The van der Waals surface area contributed by atoms with E-state index in [1.807, 2.05) is 36.4 Å². The molecule has 23 heavy (non-hydrogen) atoms. The molecule has 1 heterocycles. The smallest absolute Gasteiger partial charge is 0.198 e. The van der Waals surface area contributed by atoms with Crippen LogP contribution >= 0.6 is 11.3 Å². The van der Waals surface area contributed by atoms with Crippen LogP contribution in [-0.2, 0) is 0 Å². The Morgan fingerprint density at radius 3 is 2.70 bits per heavy atom. The summed E-state index contributed by atoms with van der Waals surface area (Å²) in [6, 6.07) is 11.9. The quantitative estimate of drug-likeness (QED) is 0.668. The van der Waals surface area contributed by atoms with Crippen molar-refractivity contribution in [2.75, 3.05) is 11.9 Å². The number of fused-ring (bicyclic) bond motifs is 2. The highest BCUT2D eigenvalue weighted by Crippen LogP contribution is 2.36. The van der Waals surface area contributed by atoms with E-state index in [2.05, 4.69) is 26.1 Å². The van der Waals surface area contributed by atoms with Crippen molar-refractivity contribution in [3.63, 3.8) is 0 Å². The summed E-state index contributed by atoms with van der Waals surface area (Å²) in [6.07, 6.45) is 0.940. The van der Waals surface area contributed by atoms with Crippen molar-refractivity contribution in [3.8, 4) is 5.75 Å². The second kappa shape index (κ2) is 6.59. The van der Waals surface area contributed by atoms with Gasteiger partial charge in [0, 0.05) is 21.8 Å². The van der Waals surface area contributed by atoms with Crippen molar-refractivity contribution in [3.05, 3.63) is 46.6 Å². The standard InChI is InChI=1S/C19H21NO2S/c1-4-11-22-15-10-9-14(20-12(2)3)17-18(21)13-7-5-6-8-16(13)23-19(15)17/h5-10,12,20H,4,11H2,1-3H3. The van der Waals surface area contributed by atoms with Crippen LogP contribution in [0.1, 0.15) is 27.2 Å². The van der Waals surface area contributed by atoms with Gasteiger partial charge in [0.1, 0.15) is 5.75 Å². The van der Waals surface area contributed by atoms with Crippen LogP contribution in [0.4, 0.5) is 5.69 Å². The van der Waals surface area contributed by atoms with Gasteiger partial charge in [0.2, 0.25) is 0 Å². The van der Waals surface area contributed by atoms with Crippen LogP contribution in [-0.4, -0.2) is 12.6 Å². The second-order valence-corrected chi connectivity index (χ2v) is 6.94. The van der Waals surface area contributed by atoms with Gasteiger partial charge in [-0.2, -0.15) is 0 Å². The van der Waals surface area contributed by atoms with Crippen LogP contribution in [0.25, 0.3) is 20.2 Å². The highest BCUT2D eigenvalue weighted by molar-refractivity contribution is 7.25. The number of ether oxygens (including phenoxy) is 1. The van der Waals surface area contributed by atoms with Crippen LogP contribution in [0.5, 0.6) is 5.75 Å². The summed E-state index contributed by atoms with van der Waals surface area (Å²) in [7, 11) is 0. The van der Waals surface area contributed by atoms with Crippen LogP contribution in [0.15, 0.2) is 41.2 Å². The zero-order valence-electron chi connectivity index (χ0n) is 13.7. The fourth-order valence-corrected chi connectivity index (χ4v) is 3.80. The molecule has 0 aliphatic rings. The summed E-state index contributed by atoms with van der Waals surface area (Å²) in [5.41, 5.74) is 0.949. The molecule has 0 amide bonds. The lowest BCUT2D eigenvalue weighted by Crippen LogP contribution is -2.13. The Kier molecular flexibility index (Phi) is 4.53. The predicted octanol–water partition coefficient (Wildman–Crippen LogP) is 5.02. The molecule has 3 aromatic rings. The Morgan fingerprint density at radius 2 is 1.96 bits per heavy atom. The van der Waals surface area contributed by atoms with Crippen LogP contribution in [0.2, 0.25) is 0 Å². The molecular formula is C19H21NO2S. The lowest BCUT2D eigenvalue weighted by atomic mass is 10.1. The molecule has 0 atom stereocenters. The average Bonchev–Trinajstić information content (AvgIpc) is 2.53. The van der Waals surface area contributed by atoms with Gasteiger partial charge in [-0.25, -0.2) is 0 Å². The van der Waals surface area contributed by atoms with Crippen LogP contribution in [0.3, 0.4) is 0 Å². The molecule has 0 saturated heterocycles. The summed E-state index contributed by atoms with van der Waals surface area (Å²) in [5, 5.41) is 4.89. The zero-order valence-corrected chi connectivity index (χ0v) is 14.5. The first-order valence-electron chi connectivity index (χ1n) is 7.99. The topological polar surface area (TPSA) is 38.3 Å². The molecule has 0 spiro atoms. The molecule has 0 fully saturated rings. The molecule has 0 saturated carbocycles. The molecule has 0 radical (unpaired) electrons. The summed E-state index contributed by atoms with van der Waals surface area (Å²) in [4.78, 5) is 13.0. The van der Waals surface area contributed by atoms with Gasteiger partial charge in [0.15, 0.2) is 5.43 Å². The Morgan fingerprint density at radius 1 is 1.17 bits per heavy atom. The maximum atomic E-state index is 13.0. The van der Waals surface area contributed by atoms with Gasteiger partial charge in [-0.05, 0) is 44.5 Å². The highest BCUT2D eigenvalue weighted by Gasteiger charge is 2.14. The first-order chi connectivity index (χ1) is 11.1. The van der Waals surface area contributed by atoms with Crippen molar-refractivity contribution < 1.29 is 4.74 Å². The summed E-state index contributed by atoms with van der Waals surface area (Å²) in [5.74, 6) is 0.795. The molecule has 0 bridgehead atoms. The number of benzene rings is 2. The monoisotopic (exact) mass is 327 g/mol. The third kappa shape index (κ3) is 3.04. The van der Waals surface area contributed by atoms with Gasteiger partial charge in [0.25, 0.3) is 0 Å². The van der Waals surface area contributed by atoms with Crippen LogP contribution in [0, 0.1) is 0 Å². The van der Waals surface area contributed by atoms with Gasteiger partial charge >= 0.3 is 0 Å². The SMILES string of the molecule is CCCOc1ccc(NC(C)C)c2c(=O)c3ccccc3sc12. The molecule has 120 valence electrons. The van der Waals surface area contributed by atoms with Gasteiger partial charge in [-0.1, -0.05) is 19.1 Å². The van der Waals surface area contributed by atoms with E-state index in [-0.39, 0.29) is 11.5 Å². The van der Waals surface area contributed by atoms with Crippen molar-refractivity contribution in [2.24, 2.45) is 0 Å². The summed E-state index contributed by atoms with van der Waals surface area (Å²) >= 11 is 1.62. The fourth-order valence-electron chi connectivity index (χ4n) is 2.64. The molecule has 1 N–H and O–H groups in total. The largest absolute Gasteiger partial charge is 0.492 e. The maximum Gasteiger partial charge on any atom is 0.198 e. The number of nitrogens with one attached hydrogen (secondary N) is 1. The van der Waals surface area contributed by atoms with Gasteiger partial charge in [0.05, 0.1) is 16.7 Å². The minimum absolute atomic E-state index is 0.0689. The number of hydrogen-bond donors (Lipinski definition) is 1. The average molecular weight is 327 g/mol. The first kappa shape index (κ1) is 15.8. The third-order valence-electron chi connectivity index (χ3n) is 3.60. The Labute approximate surface area is 139 Å². The Bertz CT molecular complexity index is 899. The van der Waals surface area contributed by atoms with Crippen molar-refractivity contribution >= 4 is 37.2 Å². The number of anilines is 1. The third-order valence-corrected chi connectivity index (χ3v) is 4.78. The molecule has 4 heteroatoms. The summed E-state index contributed by atoms with van der Waals surface area (Å²) in [6.45, 7) is 6.87. The highest BCUT2D eigenvalue weighted by atomic mass is 32.1. The minimum atomic E-state index is 0.0689. The second-order valence-electron chi connectivity index (χ2n) is 5.89. The molecule has 2 aromatic carbocycles. The molecule has 3 nitrogen and oxygen atoms in total. The number of hydrogen-bond acceptors (Lipinski definition) is 4. The molecule has 0 aliphatic carbocycles. The van der Waals surface area contributed by atoms with E-state index >= 15 is 0 Å². The Balaban J connectivity index is 2.34. The minimum Gasteiger partial charge on any atom is -0.492 e.